The first kappa shape index (κ1) is 16.7. The van der Waals surface area contributed by atoms with E-state index in [1.54, 1.807) is 23.4 Å². The molecule has 0 radical (unpaired) electrons. The van der Waals surface area contributed by atoms with Gasteiger partial charge in [0, 0.05) is 5.02 Å². The summed E-state index contributed by atoms with van der Waals surface area (Å²) in [5.41, 5.74) is 1.52. The molecule has 0 spiro atoms. The maximum atomic E-state index is 12.8. The van der Waals surface area contributed by atoms with E-state index in [0.29, 0.717) is 28.6 Å². The van der Waals surface area contributed by atoms with Crippen LogP contribution in [0.1, 0.15) is 24.5 Å². The number of benzene rings is 1. The highest BCUT2D eigenvalue weighted by atomic mass is 35.5. The van der Waals surface area contributed by atoms with Gasteiger partial charge in [-0.2, -0.15) is 4.31 Å². The van der Waals surface area contributed by atoms with Gasteiger partial charge in [0.25, 0.3) is 0 Å². The summed E-state index contributed by atoms with van der Waals surface area (Å²) in [6.45, 7) is 9.89. The van der Waals surface area contributed by atoms with Crippen LogP contribution in [0, 0.1) is 13.8 Å². The van der Waals surface area contributed by atoms with Gasteiger partial charge in [-0.15, -0.1) is 0 Å². The Morgan fingerprint density at radius 2 is 1.81 bits per heavy atom. The fourth-order valence-electron chi connectivity index (χ4n) is 2.82. The Balaban J connectivity index is 2.22. The first-order valence-electron chi connectivity index (χ1n) is 7.46. The normalized spacial score (nSPS) is 18.1. The summed E-state index contributed by atoms with van der Waals surface area (Å²) in [5.74, 6) is 0. The fraction of sp³-hybridized carbons (Fsp3) is 0.600. The molecule has 1 N–H and O–H groups in total. The van der Waals surface area contributed by atoms with E-state index in [4.69, 9.17) is 11.6 Å². The minimum absolute atomic E-state index is 0.392. The number of nitrogens with zero attached hydrogens (tertiary/aromatic N) is 1. The lowest BCUT2D eigenvalue weighted by atomic mass is 10.2. The topological polar surface area (TPSA) is 41.8 Å². The molecule has 21 heavy (non-hydrogen) atoms. The molecule has 1 aromatic carbocycles. The molecule has 1 aromatic rings. The second-order valence-corrected chi connectivity index (χ2v) is 8.08. The molecule has 0 aromatic heterocycles. The van der Waals surface area contributed by atoms with Crippen LogP contribution in [0.25, 0.3) is 0 Å². The number of aryl methyl sites for hydroxylation is 2. The molecule has 4 nitrogen and oxygen atoms in total. The monoisotopic (exact) mass is 331 g/mol. The number of halogens is 1. The number of quaternary nitrogens is 1. The Morgan fingerprint density at radius 3 is 2.38 bits per heavy atom. The van der Waals surface area contributed by atoms with E-state index in [0.717, 1.165) is 31.6 Å². The van der Waals surface area contributed by atoms with Crippen molar-refractivity contribution < 1.29 is 13.3 Å². The molecule has 0 bridgehead atoms. The molecule has 0 saturated carbocycles. The first-order chi connectivity index (χ1) is 9.86. The van der Waals surface area contributed by atoms with Crippen LogP contribution >= 0.6 is 11.6 Å². The zero-order chi connectivity index (χ0) is 15.6. The van der Waals surface area contributed by atoms with Crippen molar-refractivity contribution in [3.8, 4) is 0 Å². The van der Waals surface area contributed by atoms with Gasteiger partial charge in [-0.1, -0.05) is 18.5 Å². The number of nitrogens with one attached hydrogen (secondary N) is 1. The van der Waals surface area contributed by atoms with E-state index in [-0.39, 0.29) is 0 Å². The molecule has 0 aliphatic carbocycles. The van der Waals surface area contributed by atoms with Gasteiger partial charge in [0.1, 0.15) is 0 Å². The third-order valence-electron chi connectivity index (χ3n) is 4.11. The smallest absolute Gasteiger partial charge is 0.243 e. The molecule has 0 amide bonds. The van der Waals surface area contributed by atoms with Gasteiger partial charge >= 0.3 is 0 Å². The second kappa shape index (κ2) is 6.65. The summed E-state index contributed by atoms with van der Waals surface area (Å²) in [6, 6.07) is 3.43. The van der Waals surface area contributed by atoms with Crippen molar-refractivity contribution in [1.29, 1.82) is 0 Å². The van der Waals surface area contributed by atoms with E-state index in [1.165, 1.54) is 4.90 Å². The summed E-state index contributed by atoms with van der Waals surface area (Å²) in [4.78, 5) is 1.89. The number of hydrogen-bond donors (Lipinski definition) is 1. The molecular formula is C15H24ClN2O2S+. The minimum atomic E-state index is -3.41. The fourth-order valence-corrected chi connectivity index (χ4v) is 4.77. The third-order valence-corrected chi connectivity index (χ3v) is 6.55. The zero-order valence-electron chi connectivity index (χ0n) is 12.9. The minimum Gasteiger partial charge on any atom is -0.333 e. The summed E-state index contributed by atoms with van der Waals surface area (Å²) in [7, 11) is -3.41. The molecule has 1 aliphatic heterocycles. The Morgan fingerprint density at radius 1 is 1.19 bits per heavy atom. The Hall–Kier alpha value is -0.620. The Bertz CT molecular complexity index is 608. The summed E-state index contributed by atoms with van der Waals surface area (Å²) < 4.78 is 27.2. The first-order valence-corrected chi connectivity index (χ1v) is 9.28. The van der Waals surface area contributed by atoms with Gasteiger partial charge < -0.3 is 4.90 Å². The number of sulfonamides is 1. The lowest BCUT2D eigenvalue weighted by molar-refractivity contribution is -0.903. The summed E-state index contributed by atoms with van der Waals surface area (Å²) in [5, 5.41) is 0.614. The Labute approximate surface area is 132 Å². The van der Waals surface area contributed by atoms with E-state index in [2.05, 4.69) is 6.92 Å². The molecular weight excluding hydrogens is 308 g/mol. The Kier molecular flexibility index (Phi) is 5.30. The highest BCUT2D eigenvalue weighted by molar-refractivity contribution is 7.89. The van der Waals surface area contributed by atoms with Crippen molar-refractivity contribution in [1.82, 2.24) is 4.31 Å². The maximum absolute atomic E-state index is 12.8. The van der Waals surface area contributed by atoms with Gasteiger partial charge in [0.2, 0.25) is 10.0 Å². The predicted octanol–water partition coefficient (Wildman–Crippen LogP) is 1.26. The number of hydrogen-bond acceptors (Lipinski definition) is 2. The van der Waals surface area contributed by atoms with Crippen LogP contribution < -0.4 is 4.90 Å². The van der Waals surface area contributed by atoms with E-state index in [9.17, 15) is 8.42 Å². The summed E-state index contributed by atoms with van der Waals surface area (Å²) in [6.07, 6.45) is 1.14. The summed E-state index contributed by atoms with van der Waals surface area (Å²) >= 11 is 6.06. The van der Waals surface area contributed by atoms with Crippen molar-refractivity contribution in [2.24, 2.45) is 0 Å². The van der Waals surface area contributed by atoms with Crippen LogP contribution in [-0.2, 0) is 10.0 Å². The second-order valence-electron chi connectivity index (χ2n) is 5.77. The van der Waals surface area contributed by atoms with Crippen molar-refractivity contribution in [2.75, 3.05) is 32.7 Å². The van der Waals surface area contributed by atoms with Crippen LogP contribution in [0.4, 0.5) is 0 Å². The molecule has 1 heterocycles. The van der Waals surface area contributed by atoms with E-state index in [1.807, 2.05) is 6.92 Å². The van der Waals surface area contributed by atoms with Crippen LogP contribution in [0.15, 0.2) is 17.0 Å². The van der Waals surface area contributed by atoms with Gasteiger partial charge in [-0.25, -0.2) is 8.42 Å². The van der Waals surface area contributed by atoms with Crippen molar-refractivity contribution in [3.05, 3.63) is 28.3 Å². The molecule has 118 valence electrons. The molecule has 1 aliphatic rings. The van der Waals surface area contributed by atoms with Crippen molar-refractivity contribution in [2.45, 2.75) is 32.1 Å². The van der Waals surface area contributed by atoms with Gasteiger partial charge in [0.05, 0.1) is 37.6 Å². The van der Waals surface area contributed by atoms with E-state index < -0.39 is 10.0 Å². The van der Waals surface area contributed by atoms with Crippen LogP contribution in [0.2, 0.25) is 5.02 Å². The molecule has 6 heteroatoms. The highest BCUT2D eigenvalue weighted by Gasteiger charge is 2.31. The largest absolute Gasteiger partial charge is 0.333 e. The SMILES string of the molecule is CCC[NH+]1CCN(S(=O)(=O)c2cc(C)c(Cl)cc2C)CC1. The highest BCUT2D eigenvalue weighted by Crippen LogP contribution is 2.26. The quantitative estimate of drug-likeness (QED) is 0.902. The molecule has 2 rings (SSSR count). The molecule has 0 atom stereocenters. The number of rotatable bonds is 4. The van der Waals surface area contributed by atoms with Crippen LogP contribution in [0.3, 0.4) is 0 Å². The van der Waals surface area contributed by atoms with Gasteiger partial charge in [0.15, 0.2) is 0 Å². The van der Waals surface area contributed by atoms with Gasteiger partial charge in [-0.3, -0.25) is 0 Å². The molecule has 0 unspecified atom stereocenters. The van der Waals surface area contributed by atoms with Crippen molar-refractivity contribution in [3.63, 3.8) is 0 Å². The molecule has 1 fully saturated rings. The average molecular weight is 332 g/mol. The van der Waals surface area contributed by atoms with Gasteiger partial charge in [-0.05, 0) is 43.5 Å². The predicted molar refractivity (Wildman–Crippen MR) is 85.5 cm³/mol. The van der Waals surface area contributed by atoms with Crippen LogP contribution in [-0.4, -0.2) is 45.4 Å². The van der Waals surface area contributed by atoms with Crippen LogP contribution in [0.5, 0.6) is 0 Å². The third kappa shape index (κ3) is 3.59. The lowest BCUT2D eigenvalue weighted by Crippen LogP contribution is -3.14. The molecule has 1 saturated heterocycles. The van der Waals surface area contributed by atoms with E-state index >= 15 is 0 Å². The standard InChI is InChI=1S/C15H23ClN2O2S/c1-4-5-17-6-8-18(9-7-17)21(19,20)15-11-12(2)14(16)10-13(15)3/h10-11H,4-9H2,1-3H3/p+1. The lowest BCUT2D eigenvalue weighted by Gasteiger charge is -2.31. The number of piperazine rings is 1. The van der Waals surface area contributed by atoms with Crippen molar-refractivity contribution >= 4 is 21.6 Å². The average Bonchev–Trinajstić information content (AvgIpc) is 2.43. The zero-order valence-corrected chi connectivity index (χ0v) is 14.5. The maximum Gasteiger partial charge on any atom is 0.243 e.